The molecule has 3 rings (SSSR count). The smallest absolute Gasteiger partial charge is 0.161 e. The third kappa shape index (κ3) is 1.73. The predicted molar refractivity (Wildman–Crippen MR) is 81.5 cm³/mol. The fourth-order valence-electron chi connectivity index (χ4n) is 4.09. The minimum absolute atomic E-state index is 0.182. The number of nitriles is 1. The summed E-state index contributed by atoms with van der Waals surface area (Å²) in [5, 5.41) is 9.47. The summed E-state index contributed by atoms with van der Waals surface area (Å²) in [4.78, 5) is 4.87. The SMILES string of the molecule is CC1(C)[C@@H]2CC[C@@]1(C)C(=N[C@H](C#N)c1ccccc1)C2. The van der Waals surface area contributed by atoms with E-state index in [0.29, 0.717) is 5.41 Å². The number of hydrogen-bond acceptors (Lipinski definition) is 2. The molecule has 0 amide bonds. The third-order valence-corrected chi connectivity index (χ3v) is 6.03. The molecular formula is C18H22N2. The average Bonchev–Trinajstić information content (AvgIpc) is 2.78. The largest absolute Gasteiger partial charge is 0.270 e. The maximum atomic E-state index is 9.47. The van der Waals surface area contributed by atoms with Crippen LogP contribution >= 0.6 is 0 Å². The highest BCUT2D eigenvalue weighted by Crippen LogP contribution is 2.64. The third-order valence-electron chi connectivity index (χ3n) is 6.03. The van der Waals surface area contributed by atoms with Gasteiger partial charge in [-0.1, -0.05) is 51.1 Å². The molecule has 0 saturated heterocycles. The lowest BCUT2D eigenvalue weighted by atomic mass is 9.70. The van der Waals surface area contributed by atoms with Crippen molar-refractivity contribution in [1.82, 2.24) is 0 Å². The van der Waals surface area contributed by atoms with Crippen LogP contribution in [-0.2, 0) is 0 Å². The van der Waals surface area contributed by atoms with Gasteiger partial charge in [-0.15, -0.1) is 0 Å². The van der Waals surface area contributed by atoms with Gasteiger partial charge in [0.25, 0.3) is 0 Å². The molecule has 104 valence electrons. The van der Waals surface area contributed by atoms with Crippen LogP contribution in [0.25, 0.3) is 0 Å². The molecule has 2 nitrogen and oxygen atoms in total. The summed E-state index contributed by atoms with van der Waals surface area (Å²) in [6.45, 7) is 7.09. The molecule has 1 aromatic rings. The number of nitrogens with zero attached hydrogens (tertiary/aromatic N) is 2. The summed E-state index contributed by atoms with van der Waals surface area (Å²) in [5.74, 6) is 0.737. The quantitative estimate of drug-likeness (QED) is 0.774. The molecule has 0 aliphatic heterocycles. The number of fused-ring (bicyclic) bond motifs is 2. The van der Waals surface area contributed by atoms with Gasteiger partial charge < -0.3 is 0 Å². The van der Waals surface area contributed by atoms with Crippen LogP contribution in [0.4, 0.5) is 0 Å². The Kier molecular flexibility index (Phi) is 2.97. The topological polar surface area (TPSA) is 36.1 Å². The number of benzene rings is 1. The van der Waals surface area contributed by atoms with Crippen molar-refractivity contribution in [3.63, 3.8) is 0 Å². The molecule has 0 spiro atoms. The number of hydrogen-bond donors (Lipinski definition) is 0. The van der Waals surface area contributed by atoms with Crippen molar-refractivity contribution in [3.8, 4) is 6.07 Å². The highest BCUT2D eigenvalue weighted by molar-refractivity contribution is 5.94. The lowest BCUT2D eigenvalue weighted by Crippen LogP contribution is -2.32. The molecule has 0 heterocycles. The molecule has 0 unspecified atom stereocenters. The molecule has 2 fully saturated rings. The minimum Gasteiger partial charge on any atom is -0.270 e. The van der Waals surface area contributed by atoms with Crippen molar-refractivity contribution in [2.24, 2.45) is 21.7 Å². The summed E-state index contributed by atoms with van der Waals surface area (Å²) in [6, 6.07) is 11.9. The van der Waals surface area contributed by atoms with Gasteiger partial charge in [-0.05, 0) is 36.2 Å². The number of aliphatic imine (C=N–C) groups is 1. The molecule has 3 atom stereocenters. The Morgan fingerprint density at radius 1 is 1.25 bits per heavy atom. The van der Waals surface area contributed by atoms with Gasteiger partial charge in [-0.3, -0.25) is 4.99 Å². The van der Waals surface area contributed by atoms with Crippen molar-refractivity contribution in [1.29, 1.82) is 5.26 Å². The molecule has 20 heavy (non-hydrogen) atoms. The fraction of sp³-hybridized carbons (Fsp3) is 0.556. The Hall–Kier alpha value is -1.62. The second kappa shape index (κ2) is 4.45. The monoisotopic (exact) mass is 266 g/mol. The van der Waals surface area contributed by atoms with Crippen LogP contribution < -0.4 is 0 Å². The zero-order valence-electron chi connectivity index (χ0n) is 12.6. The second-order valence-electron chi connectivity index (χ2n) is 7.01. The average molecular weight is 266 g/mol. The first-order valence-electron chi connectivity index (χ1n) is 7.51. The van der Waals surface area contributed by atoms with Gasteiger partial charge in [0.2, 0.25) is 0 Å². The summed E-state index contributed by atoms with van der Waals surface area (Å²) in [7, 11) is 0. The zero-order chi connectivity index (χ0) is 14.4. The van der Waals surface area contributed by atoms with E-state index in [1.807, 2.05) is 30.3 Å². The van der Waals surface area contributed by atoms with E-state index in [1.54, 1.807) is 0 Å². The maximum Gasteiger partial charge on any atom is 0.161 e. The molecule has 1 aromatic carbocycles. The van der Waals surface area contributed by atoms with E-state index in [1.165, 1.54) is 18.6 Å². The molecule has 2 aliphatic carbocycles. The van der Waals surface area contributed by atoms with Crippen molar-refractivity contribution in [2.45, 2.75) is 46.1 Å². The van der Waals surface area contributed by atoms with Gasteiger partial charge in [0.05, 0.1) is 6.07 Å². The van der Waals surface area contributed by atoms with Gasteiger partial charge in [-0.25, -0.2) is 0 Å². The Balaban J connectivity index is 1.96. The van der Waals surface area contributed by atoms with Crippen LogP contribution in [0.1, 0.15) is 51.6 Å². The van der Waals surface area contributed by atoms with E-state index >= 15 is 0 Å². The summed E-state index contributed by atoms with van der Waals surface area (Å²) >= 11 is 0. The van der Waals surface area contributed by atoms with Gasteiger partial charge in [0.1, 0.15) is 0 Å². The summed E-state index contributed by atoms with van der Waals surface area (Å²) in [5.41, 5.74) is 2.78. The normalized spacial score (nSPS) is 34.1. The highest BCUT2D eigenvalue weighted by atomic mass is 14.9. The van der Waals surface area contributed by atoms with Crippen LogP contribution in [-0.4, -0.2) is 5.71 Å². The van der Waals surface area contributed by atoms with E-state index in [4.69, 9.17) is 4.99 Å². The number of rotatable bonds is 2. The van der Waals surface area contributed by atoms with Gasteiger partial charge in [0, 0.05) is 11.1 Å². The van der Waals surface area contributed by atoms with Crippen molar-refractivity contribution < 1.29 is 0 Å². The molecule has 2 heteroatoms. The first kappa shape index (κ1) is 13.4. The molecule has 0 aromatic heterocycles. The zero-order valence-corrected chi connectivity index (χ0v) is 12.6. The Morgan fingerprint density at radius 3 is 2.45 bits per heavy atom. The van der Waals surface area contributed by atoms with Crippen molar-refractivity contribution in [2.75, 3.05) is 0 Å². The van der Waals surface area contributed by atoms with Gasteiger partial charge in [0.15, 0.2) is 6.04 Å². The van der Waals surface area contributed by atoms with Gasteiger partial charge in [-0.2, -0.15) is 5.26 Å². The fourth-order valence-corrected chi connectivity index (χ4v) is 4.09. The van der Waals surface area contributed by atoms with E-state index < -0.39 is 0 Å². The first-order valence-corrected chi connectivity index (χ1v) is 7.51. The standard InChI is InChI=1S/C18H22N2/c1-17(2)14-9-10-18(17,3)16(11-14)20-15(12-19)13-7-5-4-6-8-13/h4-8,14-15H,9-11H2,1-3H3/t14-,15-,18+/m1/s1. The second-order valence-corrected chi connectivity index (χ2v) is 7.01. The van der Waals surface area contributed by atoms with Crippen molar-refractivity contribution >= 4 is 5.71 Å². The molecule has 0 radical (unpaired) electrons. The Morgan fingerprint density at radius 2 is 1.95 bits per heavy atom. The molecule has 2 aliphatic rings. The van der Waals surface area contributed by atoms with E-state index in [0.717, 1.165) is 17.9 Å². The minimum atomic E-state index is -0.349. The van der Waals surface area contributed by atoms with Crippen molar-refractivity contribution in [3.05, 3.63) is 35.9 Å². The predicted octanol–water partition coefficient (Wildman–Crippen LogP) is 4.54. The van der Waals surface area contributed by atoms with Crippen LogP contribution in [0, 0.1) is 28.1 Å². The molecule has 0 N–H and O–H groups in total. The lowest BCUT2D eigenvalue weighted by molar-refractivity contribution is 0.193. The lowest BCUT2D eigenvalue weighted by Gasteiger charge is -2.34. The van der Waals surface area contributed by atoms with Gasteiger partial charge >= 0.3 is 0 Å². The molecule has 2 bridgehead atoms. The van der Waals surface area contributed by atoms with E-state index in [-0.39, 0.29) is 11.5 Å². The van der Waals surface area contributed by atoms with Crippen LogP contribution in [0.3, 0.4) is 0 Å². The maximum absolute atomic E-state index is 9.47. The van der Waals surface area contributed by atoms with Crippen LogP contribution in [0.2, 0.25) is 0 Å². The molecule has 2 saturated carbocycles. The first-order chi connectivity index (χ1) is 9.49. The van der Waals surface area contributed by atoms with Crippen LogP contribution in [0.15, 0.2) is 35.3 Å². The summed E-state index contributed by atoms with van der Waals surface area (Å²) in [6.07, 6.45) is 3.61. The molecular weight excluding hydrogens is 244 g/mol. The van der Waals surface area contributed by atoms with E-state index in [2.05, 4.69) is 26.8 Å². The Labute approximate surface area is 121 Å². The van der Waals surface area contributed by atoms with Crippen LogP contribution in [0.5, 0.6) is 0 Å². The Bertz CT molecular complexity index is 579. The van der Waals surface area contributed by atoms with E-state index in [9.17, 15) is 5.26 Å². The highest BCUT2D eigenvalue weighted by Gasteiger charge is 2.59. The summed E-state index contributed by atoms with van der Waals surface area (Å²) < 4.78 is 0.